The van der Waals surface area contributed by atoms with Crippen LogP contribution in [0, 0.1) is 4.77 Å². The van der Waals surface area contributed by atoms with Crippen molar-refractivity contribution in [2.75, 3.05) is 5.73 Å². The summed E-state index contributed by atoms with van der Waals surface area (Å²) < 4.78 is 1.79. The van der Waals surface area contributed by atoms with Crippen molar-refractivity contribution in [1.29, 1.82) is 0 Å². The van der Waals surface area contributed by atoms with Crippen LogP contribution in [-0.4, -0.2) is 24.6 Å². The molecular formula is C8H6N8S2. The summed E-state index contributed by atoms with van der Waals surface area (Å²) in [7, 11) is 0. The zero-order chi connectivity index (χ0) is 12.5. The van der Waals surface area contributed by atoms with Gasteiger partial charge in [-0.1, -0.05) is 0 Å². The molecule has 0 spiro atoms. The van der Waals surface area contributed by atoms with Crippen LogP contribution in [-0.2, 0) is 0 Å². The predicted molar refractivity (Wildman–Crippen MR) is 68.9 cm³/mol. The van der Waals surface area contributed by atoms with Gasteiger partial charge in [0.15, 0.2) is 11.3 Å². The van der Waals surface area contributed by atoms with Gasteiger partial charge in [-0.2, -0.15) is 0 Å². The Kier molecular flexibility index (Phi) is 2.57. The topological polar surface area (TPSA) is 110 Å². The lowest BCUT2D eigenvalue weighted by atomic mass is 10.5. The van der Waals surface area contributed by atoms with Gasteiger partial charge in [-0.15, -0.1) is 21.6 Å². The van der Waals surface area contributed by atoms with E-state index in [-0.39, 0.29) is 0 Å². The van der Waals surface area contributed by atoms with E-state index in [9.17, 15) is 0 Å². The van der Waals surface area contributed by atoms with Crippen molar-refractivity contribution < 1.29 is 0 Å². The van der Waals surface area contributed by atoms with Crippen molar-refractivity contribution in [2.45, 2.75) is 0 Å². The molecule has 0 fully saturated rings. The van der Waals surface area contributed by atoms with E-state index in [4.69, 9.17) is 18.0 Å². The summed E-state index contributed by atoms with van der Waals surface area (Å²) in [5.41, 5.74) is 6.70. The van der Waals surface area contributed by atoms with Gasteiger partial charge < -0.3 is 5.73 Å². The van der Waals surface area contributed by atoms with Crippen LogP contribution in [0.5, 0.6) is 0 Å². The van der Waals surface area contributed by atoms with Gasteiger partial charge in [0.1, 0.15) is 12.1 Å². The number of fused-ring (bicyclic) bond motifs is 1. The number of hydrogen-bond donors (Lipinski definition) is 2. The molecule has 3 heterocycles. The highest BCUT2D eigenvalue weighted by Gasteiger charge is 2.10. The van der Waals surface area contributed by atoms with Crippen LogP contribution in [0.25, 0.3) is 5.65 Å². The third-order valence-electron chi connectivity index (χ3n) is 2.11. The second-order valence-corrected chi connectivity index (χ2v) is 4.44. The monoisotopic (exact) mass is 278 g/mol. The van der Waals surface area contributed by atoms with Crippen LogP contribution in [0.3, 0.4) is 0 Å². The molecule has 0 amide bonds. The second-order valence-electron chi connectivity index (χ2n) is 3.20. The maximum atomic E-state index is 5.80. The Balaban J connectivity index is 2.15. The molecule has 0 radical (unpaired) electrons. The van der Waals surface area contributed by atoms with Crippen LogP contribution >= 0.6 is 23.6 Å². The molecule has 3 rings (SSSR count). The maximum Gasteiger partial charge on any atom is 0.229 e. The molecule has 0 saturated heterocycles. The van der Waals surface area contributed by atoms with E-state index in [1.54, 1.807) is 6.20 Å². The molecule has 0 aliphatic rings. The van der Waals surface area contributed by atoms with E-state index < -0.39 is 0 Å². The first-order chi connectivity index (χ1) is 8.75. The summed E-state index contributed by atoms with van der Waals surface area (Å²) >= 11 is 6.41. The zero-order valence-corrected chi connectivity index (χ0v) is 10.4. The molecule has 90 valence electrons. The number of azo groups is 1. The quantitative estimate of drug-likeness (QED) is 0.551. The first-order valence-electron chi connectivity index (χ1n) is 4.78. The molecule has 0 bridgehead atoms. The van der Waals surface area contributed by atoms with E-state index in [2.05, 4.69) is 30.3 Å². The minimum atomic E-state index is 0.321. The average molecular weight is 278 g/mol. The lowest BCUT2D eigenvalue weighted by Gasteiger charge is -1.90. The molecule has 18 heavy (non-hydrogen) atoms. The number of aromatic amines is 1. The highest BCUT2D eigenvalue weighted by molar-refractivity contribution is 7.71. The summed E-state index contributed by atoms with van der Waals surface area (Å²) in [6, 6.07) is 0. The molecule has 0 aromatic carbocycles. The van der Waals surface area contributed by atoms with Crippen molar-refractivity contribution in [3.05, 3.63) is 22.7 Å². The van der Waals surface area contributed by atoms with Gasteiger partial charge in [-0.25, -0.2) is 19.5 Å². The van der Waals surface area contributed by atoms with E-state index in [0.29, 0.717) is 27.1 Å². The summed E-state index contributed by atoms with van der Waals surface area (Å²) in [5, 5.41) is 13.2. The fraction of sp³-hybridized carbons (Fsp3) is 0. The average Bonchev–Trinajstić information content (AvgIpc) is 2.95. The molecule has 10 heteroatoms. The number of rotatable bonds is 2. The van der Waals surface area contributed by atoms with Crippen LogP contribution in [0.1, 0.15) is 0 Å². The van der Waals surface area contributed by atoms with E-state index in [0.717, 1.165) is 0 Å². The van der Waals surface area contributed by atoms with Gasteiger partial charge in [0, 0.05) is 11.6 Å². The largest absolute Gasteiger partial charge is 0.382 e. The number of nitrogen functional groups attached to an aromatic ring is 1. The lowest BCUT2D eigenvalue weighted by molar-refractivity contribution is 0.876. The number of nitrogens with two attached hydrogens (primary N) is 1. The lowest BCUT2D eigenvalue weighted by Crippen LogP contribution is -1.94. The van der Waals surface area contributed by atoms with Crippen LogP contribution in [0.15, 0.2) is 28.1 Å². The van der Waals surface area contributed by atoms with Gasteiger partial charge in [0.2, 0.25) is 9.90 Å². The molecule has 0 aliphatic carbocycles. The normalized spacial score (nSPS) is 11.6. The number of anilines is 1. The van der Waals surface area contributed by atoms with Crippen molar-refractivity contribution in [2.24, 2.45) is 10.2 Å². The van der Waals surface area contributed by atoms with Gasteiger partial charge in [-0.3, -0.25) is 5.10 Å². The molecule has 0 saturated carbocycles. The first-order valence-corrected chi connectivity index (χ1v) is 6.07. The maximum absolute atomic E-state index is 5.80. The van der Waals surface area contributed by atoms with Gasteiger partial charge in [-0.05, 0) is 12.2 Å². The molecule has 8 nitrogen and oxygen atoms in total. The van der Waals surface area contributed by atoms with Crippen molar-refractivity contribution in [1.82, 2.24) is 24.6 Å². The highest BCUT2D eigenvalue weighted by Crippen LogP contribution is 2.28. The third kappa shape index (κ3) is 1.76. The minimum Gasteiger partial charge on any atom is -0.382 e. The first kappa shape index (κ1) is 10.9. The number of nitrogens with zero attached hydrogens (tertiary/aromatic N) is 6. The van der Waals surface area contributed by atoms with Crippen molar-refractivity contribution >= 4 is 45.8 Å². The minimum absolute atomic E-state index is 0.321. The molecule has 3 N–H and O–H groups in total. The number of H-pyrrole nitrogens is 1. The van der Waals surface area contributed by atoms with Gasteiger partial charge >= 0.3 is 0 Å². The Bertz CT molecular complexity index is 768. The molecule has 0 atom stereocenters. The number of aromatic nitrogens is 5. The van der Waals surface area contributed by atoms with Crippen LogP contribution in [0.4, 0.5) is 16.6 Å². The van der Waals surface area contributed by atoms with Crippen molar-refractivity contribution in [3.63, 3.8) is 0 Å². The Morgan fingerprint density at radius 2 is 2.22 bits per heavy atom. The fourth-order valence-electron chi connectivity index (χ4n) is 1.36. The second kappa shape index (κ2) is 4.23. The molecule has 3 aromatic rings. The number of hydrogen-bond acceptors (Lipinski definition) is 8. The smallest absolute Gasteiger partial charge is 0.229 e. The van der Waals surface area contributed by atoms with Gasteiger partial charge in [0.05, 0.1) is 0 Å². The van der Waals surface area contributed by atoms with Gasteiger partial charge in [0.25, 0.3) is 0 Å². The molecule has 0 aliphatic heterocycles. The van der Waals surface area contributed by atoms with E-state index in [1.165, 1.54) is 22.2 Å². The number of nitrogens with one attached hydrogen (secondary N) is 1. The Morgan fingerprint density at radius 3 is 3.00 bits per heavy atom. The highest BCUT2D eigenvalue weighted by atomic mass is 32.1. The molecule has 0 unspecified atom stereocenters. The summed E-state index contributed by atoms with van der Waals surface area (Å²) in [4.78, 5) is 11.9. The van der Waals surface area contributed by atoms with E-state index in [1.807, 2.05) is 5.38 Å². The standard InChI is InChI=1S/C8H6N8S2/c9-5-4(13-14-7-10-1-2-18-7)6-11-3-12-8(17)16(6)15-5/h1-3,15H,9H2. The third-order valence-corrected chi connectivity index (χ3v) is 3.05. The SMILES string of the molecule is Nc1[nH]n2c(=S)ncnc2c1N=Nc1nccs1. The zero-order valence-electron chi connectivity index (χ0n) is 8.81. The summed E-state index contributed by atoms with van der Waals surface area (Å²) in [6.07, 6.45) is 3.00. The molecular weight excluding hydrogens is 272 g/mol. The fourth-order valence-corrected chi connectivity index (χ4v) is 1.99. The Labute approximate surface area is 109 Å². The van der Waals surface area contributed by atoms with Crippen LogP contribution in [0.2, 0.25) is 0 Å². The van der Waals surface area contributed by atoms with E-state index >= 15 is 0 Å². The van der Waals surface area contributed by atoms with Crippen LogP contribution < -0.4 is 5.73 Å². The summed E-state index contributed by atoms with van der Waals surface area (Å²) in [5.74, 6) is 0.321. The Hall–Kier alpha value is -2.20. The predicted octanol–water partition coefficient (Wildman–Crippen LogP) is 2.24. The molecule has 3 aromatic heterocycles. The summed E-state index contributed by atoms with van der Waals surface area (Å²) in [6.45, 7) is 0. The number of thiazole rings is 1. The van der Waals surface area contributed by atoms with Crippen molar-refractivity contribution in [3.8, 4) is 0 Å². The Morgan fingerprint density at radius 1 is 1.33 bits per heavy atom.